The van der Waals surface area contributed by atoms with Crippen molar-refractivity contribution in [2.24, 2.45) is 12.5 Å². The Labute approximate surface area is 91.4 Å². The van der Waals surface area contributed by atoms with Gasteiger partial charge in [-0.25, -0.2) is 4.68 Å². The third-order valence-electron chi connectivity index (χ3n) is 2.30. The molecule has 0 atom stereocenters. The van der Waals surface area contributed by atoms with Gasteiger partial charge < -0.3 is 10.5 Å². The Balaban J connectivity index is 2.58. The number of nitrogens with zero attached hydrogens (tertiary/aromatic N) is 2. The van der Waals surface area contributed by atoms with E-state index in [1.165, 1.54) is 0 Å². The Bertz CT molecular complexity index is 336. The third-order valence-corrected chi connectivity index (χ3v) is 2.30. The molecule has 0 aliphatic rings. The summed E-state index contributed by atoms with van der Waals surface area (Å²) < 4.78 is 7.33. The van der Waals surface area contributed by atoms with E-state index in [1.807, 2.05) is 14.0 Å². The summed E-state index contributed by atoms with van der Waals surface area (Å²) in [7, 11) is 1.84. The lowest BCUT2D eigenvalue weighted by atomic mass is 9.93. The van der Waals surface area contributed by atoms with E-state index in [2.05, 4.69) is 25.9 Å². The van der Waals surface area contributed by atoms with Crippen molar-refractivity contribution in [2.45, 2.75) is 34.1 Å². The summed E-state index contributed by atoms with van der Waals surface area (Å²) >= 11 is 0. The van der Waals surface area contributed by atoms with Gasteiger partial charge in [0.1, 0.15) is 5.69 Å². The Hall–Kier alpha value is -1.19. The number of rotatable bonds is 3. The molecule has 86 valence electrons. The van der Waals surface area contributed by atoms with Crippen molar-refractivity contribution in [3.05, 3.63) is 5.69 Å². The van der Waals surface area contributed by atoms with E-state index in [4.69, 9.17) is 10.5 Å². The SMILES string of the molecule is Cc1nn(C)c(OCCC(C)(C)C)c1N. The van der Waals surface area contributed by atoms with Crippen LogP contribution in [0.2, 0.25) is 0 Å². The molecular weight excluding hydrogens is 190 g/mol. The maximum absolute atomic E-state index is 5.84. The first-order chi connectivity index (χ1) is 6.81. The predicted molar refractivity (Wildman–Crippen MR) is 61.9 cm³/mol. The number of aryl methyl sites for hydroxylation is 2. The van der Waals surface area contributed by atoms with Crippen LogP contribution in [0.15, 0.2) is 0 Å². The lowest BCUT2D eigenvalue weighted by Crippen LogP contribution is -2.12. The summed E-state index contributed by atoms with van der Waals surface area (Å²) in [6, 6.07) is 0. The van der Waals surface area contributed by atoms with Crippen LogP contribution in [0.3, 0.4) is 0 Å². The van der Waals surface area contributed by atoms with Crippen LogP contribution in [0.4, 0.5) is 5.69 Å². The van der Waals surface area contributed by atoms with Crippen molar-refractivity contribution >= 4 is 5.69 Å². The molecule has 1 aromatic rings. The average Bonchev–Trinajstić information content (AvgIpc) is 2.29. The van der Waals surface area contributed by atoms with E-state index in [0.29, 0.717) is 18.2 Å². The normalized spacial score (nSPS) is 11.8. The summed E-state index contributed by atoms with van der Waals surface area (Å²) in [5, 5.41) is 4.19. The van der Waals surface area contributed by atoms with Gasteiger partial charge in [-0.15, -0.1) is 0 Å². The zero-order valence-corrected chi connectivity index (χ0v) is 10.3. The molecule has 1 aromatic heterocycles. The number of hydrogen-bond donors (Lipinski definition) is 1. The van der Waals surface area contributed by atoms with Gasteiger partial charge in [-0.05, 0) is 18.8 Å². The molecule has 0 saturated heterocycles. The molecule has 4 nitrogen and oxygen atoms in total. The first kappa shape index (κ1) is 11.9. The van der Waals surface area contributed by atoms with Crippen LogP contribution in [0.5, 0.6) is 5.88 Å². The fraction of sp³-hybridized carbons (Fsp3) is 0.727. The van der Waals surface area contributed by atoms with E-state index in [-0.39, 0.29) is 5.41 Å². The number of anilines is 1. The molecule has 0 aliphatic carbocycles. The maximum atomic E-state index is 5.84. The summed E-state index contributed by atoms with van der Waals surface area (Å²) in [5.41, 5.74) is 7.59. The smallest absolute Gasteiger partial charge is 0.235 e. The van der Waals surface area contributed by atoms with Crippen molar-refractivity contribution in [3.63, 3.8) is 0 Å². The van der Waals surface area contributed by atoms with E-state index < -0.39 is 0 Å². The standard InChI is InChI=1S/C11H21N3O/c1-8-9(12)10(14(5)13-8)15-7-6-11(2,3)4/h6-7,12H2,1-5H3. The molecule has 0 unspecified atom stereocenters. The monoisotopic (exact) mass is 211 g/mol. The molecule has 15 heavy (non-hydrogen) atoms. The number of nitrogens with two attached hydrogens (primary N) is 1. The first-order valence-corrected chi connectivity index (χ1v) is 5.23. The topological polar surface area (TPSA) is 53.1 Å². The van der Waals surface area contributed by atoms with Gasteiger partial charge in [0.15, 0.2) is 0 Å². The largest absolute Gasteiger partial charge is 0.476 e. The van der Waals surface area contributed by atoms with E-state index in [0.717, 1.165) is 12.1 Å². The highest BCUT2D eigenvalue weighted by atomic mass is 16.5. The van der Waals surface area contributed by atoms with Crippen molar-refractivity contribution in [3.8, 4) is 5.88 Å². The number of hydrogen-bond acceptors (Lipinski definition) is 3. The van der Waals surface area contributed by atoms with E-state index in [1.54, 1.807) is 4.68 Å². The van der Waals surface area contributed by atoms with Crippen molar-refractivity contribution in [1.29, 1.82) is 0 Å². The van der Waals surface area contributed by atoms with Gasteiger partial charge >= 0.3 is 0 Å². The molecule has 4 heteroatoms. The van der Waals surface area contributed by atoms with Crippen molar-refractivity contribution < 1.29 is 4.74 Å². The van der Waals surface area contributed by atoms with Crippen LogP contribution in [-0.2, 0) is 7.05 Å². The molecule has 2 N–H and O–H groups in total. The molecule has 0 saturated carbocycles. The minimum absolute atomic E-state index is 0.280. The fourth-order valence-electron chi connectivity index (χ4n) is 1.28. The molecule has 0 radical (unpaired) electrons. The van der Waals surface area contributed by atoms with Gasteiger partial charge in [0.2, 0.25) is 5.88 Å². The highest BCUT2D eigenvalue weighted by molar-refractivity contribution is 5.52. The Morgan fingerprint density at radius 2 is 2.00 bits per heavy atom. The molecule has 0 fully saturated rings. The van der Waals surface area contributed by atoms with Crippen LogP contribution < -0.4 is 10.5 Å². The molecular formula is C11H21N3O. The third kappa shape index (κ3) is 3.15. The van der Waals surface area contributed by atoms with Crippen LogP contribution in [0, 0.1) is 12.3 Å². The minimum Gasteiger partial charge on any atom is -0.476 e. The van der Waals surface area contributed by atoms with Gasteiger partial charge in [-0.3, -0.25) is 0 Å². The van der Waals surface area contributed by atoms with Gasteiger partial charge in [-0.1, -0.05) is 20.8 Å². The van der Waals surface area contributed by atoms with Crippen LogP contribution in [0.1, 0.15) is 32.9 Å². The van der Waals surface area contributed by atoms with Gasteiger partial charge in [0, 0.05) is 7.05 Å². The Kier molecular flexibility index (Phi) is 3.27. The summed E-state index contributed by atoms with van der Waals surface area (Å²) in [6.45, 7) is 9.12. The van der Waals surface area contributed by atoms with E-state index >= 15 is 0 Å². The second-order valence-electron chi connectivity index (χ2n) is 5.09. The number of aromatic nitrogens is 2. The second kappa shape index (κ2) is 4.13. The van der Waals surface area contributed by atoms with Crippen LogP contribution in [0.25, 0.3) is 0 Å². The maximum Gasteiger partial charge on any atom is 0.235 e. The Morgan fingerprint density at radius 1 is 1.40 bits per heavy atom. The first-order valence-electron chi connectivity index (χ1n) is 5.23. The quantitative estimate of drug-likeness (QED) is 0.833. The predicted octanol–water partition coefficient (Wildman–Crippen LogP) is 2.13. The van der Waals surface area contributed by atoms with Crippen LogP contribution >= 0.6 is 0 Å². The zero-order chi connectivity index (χ0) is 11.6. The Morgan fingerprint density at radius 3 is 2.40 bits per heavy atom. The van der Waals surface area contributed by atoms with Crippen molar-refractivity contribution in [1.82, 2.24) is 9.78 Å². The molecule has 0 bridgehead atoms. The summed E-state index contributed by atoms with van der Waals surface area (Å²) in [4.78, 5) is 0. The molecule has 1 rings (SSSR count). The minimum atomic E-state index is 0.280. The van der Waals surface area contributed by atoms with Crippen LogP contribution in [-0.4, -0.2) is 16.4 Å². The number of nitrogen functional groups attached to an aromatic ring is 1. The molecule has 0 spiro atoms. The lowest BCUT2D eigenvalue weighted by molar-refractivity contribution is 0.229. The molecule has 0 aliphatic heterocycles. The van der Waals surface area contributed by atoms with Gasteiger partial charge in [0.05, 0.1) is 12.3 Å². The number of ether oxygens (including phenoxy) is 1. The summed E-state index contributed by atoms with van der Waals surface area (Å²) in [6.07, 6.45) is 0.997. The average molecular weight is 211 g/mol. The van der Waals surface area contributed by atoms with Gasteiger partial charge in [-0.2, -0.15) is 5.10 Å². The molecule has 0 aromatic carbocycles. The summed E-state index contributed by atoms with van der Waals surface area (Å²) in [5.74, 6) is 0.678. The highest BCUT2D eigenvalue weighted by Gasteiger charge is 2.14. The lowest BCUT2D eigenvalue weighted by Gasteiger charge is -2.18. The fourth-order valence-corrected chi connectivity index (χ4v) is 1.28. The van der Waals surface area contributed by atoms with Crippen molar-refractivity contribution in [2.75, 3.05) is 12.3 Å². The van der Waals surface area contributed by atoms with Gasteiger partial charge in [0.25, 0.3) is 0 Å². The molecule has 0 amide bonds. The highest BCUT2D eigenvalue weighted by Crippen LogP contribution is 2.25. The zero-order valence-electron chi connectivity index (χ0n) is 10.3. The molecule has 1 heterocycles. The van der Waals surface area contributed by atoms with E-state index in [9.17, 15) is 0 Å². The second-order valence-corrected chi connectivity index (χ2v) is 5.09.